The Morgan fingerprint density at radius 2 is 2.00 bits per heavy atom. The molecule has 0 fully saturated rings. The molecule has 0 aliphatic carbocycles. The highest BCUT2D eigenvalue weighted by atomic mass is 35.5. The fourth-order valence-electron chi connectivity index (χ4n) is 0.0812. The first-order valence-corrected chi connectivity index (χ1v) is 2.34. The van der Waals surface area contributed by atoms with Gasteiger partial charge in [-0.15, -0.1) is 0 Å². The summed E-state index contributed by atoms with van der Waals surface area (Å²) in [5, 5.41) is 0.565. The quantitative estimate of drug-likeness (QED) is 0.379. The number of hydrogen-bond donors (Lipinski definition) is 0. The zero-order valence-corrected chi connectivity index (χ0v) is 5.12. The van der Waals surface area contributed by atoms with E-state index in [0.29, 0.717) is 10.6 Å². The Kier molecular flexibility index (Phi) is 2.68. The molecule has 0 aromatic carbocycles. The molecule has 0 amide bonds. The molecule has 0 aliphatic heterocycles. The molecule has 0 aromatic rings. The second-order valence-corrected chi connectivity index (χ2v) is 1.90. The zero-order valence-electron chi connectivity index (χ0n) is 4.36. The first kappa shape index (κ1) is 6.70. The van der Waals surface area contributed by atoms with Crippen LogP contribution in [-0.4, -0.2) is 6.29 Å². The van der Waals surface area contributed by atoms with Gasteiger partial charge in [0.1, 0.15) is 6.29 Å². The maximum atomic E-state index is 9.80. The van der Waals surface area contributed by atoms with Gasteiger partial charge in [-0.3, -0.25) is 4.79 Å². The largest absolute Gasteiger partial charge is 0.298 e. The van der Waals surface area contributed by atoms with Crippen molar-refractivity contribution in [1.82, 2.24) is 0 Å². The lowest BCUT2D eigenvalue weighted by atomic mass is 10.3. The van der Waals surface area contributed by atoms with Crippen LogP contribution in [0.1, 0.15) is 13.8 Å². The van der Waals surface area contributed by atoms with Crippen molar-refractivity contribution in [2.24, 2.45) is 0 Å². The van der Waals surface area contributed by atoms with Crippen LogP contribution in [0.4, 0.5) is 0 Å². The summed E-state index contributed by atoms with van der Waals surface area (Å²) >= 11 is 5.38. The molecule has 0 saturated heterocycles. The highest BCUT2D eigenvalue weighted by molar-refractivity contribution is 6.30. The van der Waals surface area contributed by atoms with Crippen LogP contribution in [0.15, 0.2) is 10.6 Å². The minimum absolute atomic E-state index is 0.565. The highest BCUT2D eigenvalue weighted by Gasteiger charge is 1.85. The lowest BCUT2D eigenvalue weighted by Crippen LogP contribution is -1.75. The standard InChI is InChI=1S/C5H7ClO/c1-4(3-7)5(2)6/h3H,1-2H3/b5-4+. The molecule has 0 unspecified atom stereocenters. The number of hydrogen-bond acceptors (Lipinski definition) is 1. The molecule has 0 spiro atoms. The van der Waals surface area contributed by atoms with Crippen LogP contribution in [-0.2, 0) is 4.79 Å². The van der Waals surface area contributed by atoms with Crippen LogP contribution in [0.5, 0.6) is 0 Å². The number of carbonyl (C=O) groups is 1. The van der Waals surface area contributed by atoms with Crippen molar-refractivity contribution < 1.29 is 4.79 Å². The SMILES string of the molecule is C/C(Cl)=C(/C)C=O. The van der Waals surface area contributed by atoms with Crippen molar-refractivity contribution in [3.63, 3.8) is 0 Å². The summed E-state index contributed by atoms with van der Waals surface area (Å²) < 4.78 is 0. The Bertz CT molecular complexity index is 101. The number of rotatable bonds is 1. The van der Waals surface area contributed by atoms with Crippen molar-refractivity contribution in [1.29, 1.82) is 0 Å². The van der Waals surface area contributed by atoms with Crippen LogP contribution in [0, 0.1) is 0 Å². The molecule has 0 heterocycles. The summed E-state index contributed by atoms with van der Waals surface area (Å²) in [6.07, 6.45) is 0.738. The van der Waals surface area contributed by atoms with E-state index in [4.69, 9.17) is 11.6 Å². The molecule has 40 valence electrons. The predicted octanol–water partition coefficient (Wildman–Crippen LogP) is 1.72. The second-order valence-electron chi connectivity index (χ2n) is 1.33. The molecular formula is C5H7ClO. The highest BCUT2D eigenvalue weighted by Crippen LogP contribution is 2.03. The van der Waals surface area contributed by atoms with Crippen molar-refractivity contribution in [2.75, 3.05) is 0 Å². The van der Waals surface area contributed by atoms with Gasteiger partial charge in [-0.05, 0) is 13.8 Å². The number of aldehydes is 1. The molecule has 0 saturated carbocycles. The number of halogens is 1. The number of allylic oxidation sites excluding steroid dienone is 2. The van der Waals surface area contributed by atoms with Crippen LogP contribution in [0.25, 0.3) is 0 Å². The molecule has 7 heavy (non-hydrogen) atoms. The minimum atomic E-state index is 0.565. The molecule has 0 aliphatic rings. The summed E-state index contributed by atoms with van der Waals surface area (Å²) in [4.78, 5) is 9.80. The van der Waals surface area contributed by atoms with E-state index in [0.717, 1.165) is 6.29 Å². The van der Waals surface area contributed by atoms with Gasteiger partial charge in [0.2, 0.25) is 0 Å². The van der Waals surface area contributed by atoms with Crippen molar-refractivity contribution in [2.45, 2.75) is 13.8 Å². The van der Waals surface area contributed by atoms with E-state index in [1.807, 2.05) is 0 Å². The first-order valence-electron chi connectivity index (χ1n) is 1.96. The molecule has 0 N–H and O–H groups in total. The van der Waals surface area contributed by atoms with Crippen LogP contribution >= 0.6 is 11.6 Å². The van der Waals surface area contributed by atoms with Crippen molar-refractivity contribution >= 4 is 17.9 Å². The third kappa shape index (κ3) is 2.40. The van der Waals surface area contributed by atoms with E-state index in [9.17, 15) is 4.79 Å². The Balaban J connectivity index is 3.98. The van der Waals surface area contributed by atoms with Gasteiger partial charge in [-0.2, -0.15) is 0 Å². The minimum Gasteiger partial charge on any atom is -0.298 e. The molecule has 0 atom stereocenters. The summed E-state index contributed by atoms with van der Waals surface area (Å²) in [6.45, 7) is 3.36. The van der Waals surface area contributed by atoms with E-state index >= 15 is 0 Å². The van der Waals surface area contributed by atoms with Gasteiger partial charge in [-0.1, -0.05) is 11.6 Å². The van der Waals surface area contributed by atoms with E-state index in [-0.39, 0.29) is 0 Å². The molecule has 1 nitrogen and oxygen atoms in total. The topological polar surface area (TPSA) is 17.1 Å². The fraction of sp³-hybridized carbons (Fsp3) is 0.400. The third-order valence-electron chi connectivity index (χ3n) is 0.720. The Morgan fingerprint density at radius 3 is 2.00 bits per heavy atom. The Labute approximate surface area is 48.0 Å². The van der Waals surface area contributed by atoms with E-state index in [1.165, 1.54) is 0 Å². The average Bonchev–Trinajstić information content (AvgIpc) is 1.65. The van der Waals surface area contributed by atoms with Gasteiger partial charge in [-0.25, -0.2) is 0 Å². The van der Waals surface area contributed by atoms with Crippen molar-refractivity contribution in [3.8, 4) is 0 Å². The average molecular weight is 119 g/mol. The number of carbonyl (C=O) groups excluding carboxylic acids is 1. The summed E-state index contributed by atoms with van der Waals surface area (Å²) in [6, 6.07) is 0. The van der Waals surface area contributed by atoms with E-state index in [1.54, 1.807) is 13.8 Å². The van der Waals surface area contributed by atoms with Gasteiger partial charge < -0.3 is 0 Å². The normalized spacial score (nSPS) is 13.0. The van der Waals surface area contributed by atoms with Gasteiger partial charge in [0.15, 0.2) is 0 Å². The first-order chi connectivity index (χ1) is 3.18. The maximum absolute atomic E-state index is 9.80. The van der Waals surface area contributed by atoms with Crippen LogP contribution in [0.3, 0.4) is 0 Å². The zero-order chi connectivity index (χ0) is 5.86. The lowest BCUT2D eigenvalue weighted by Gasteiger charge is -1.84. The summed E-state index contributed by atoms with van der Waals surface area (Å²) in [5.41, 5.74) is 0.599. The van der Waals surface area contributed by atoms with Crippen LogP contribution < -0.4 is 0 Å². The van der Waals surface area contributed by atoms with Gasteiger partial charge in [0.25, 0.3) is 0 Å². The Morgan fingerprint density at radius 1 is 1.57 bits per heavy atom. The predicted molar refractivity (Wildman–Crippen MR) is 30.3 cm³/mol. The monoisotopic (exact) mass is 118 g/mol. The molecular weight excluding hydrogens is 112 g/mol. The molecule has 0 aromatic heterocycles. The van der Waals surface area contributed by atoms with Gasteiger partial charge in [0, 0.05) is 10.6 Å². The third-order valence-corrected chi connectivity index (χ3v) is 1.02. The smallest absolute Gasteiger partial charge is 0.146 e. The molecule has 2 heteroatoms. The molecule has 0 rings (SSSR count). The lowest BCUT2D eigenvalue weighted by molar-refractivity contribution is -0.104. The van der Waals surface area contributed by atoms with Crippen LogP contribution in [0.2, 0.25) is 0 Å². The van der Waals surface area contributed by atoms with E-state index in [2.05, 4.69) is 0 Å². The second kappa shape index (κ2) is 2.80. The molecule has 0 radical (unpaired) electrons. The summed E-state index contributed by atoms with van der Waals surface area (Å²) in [7, 11) is 0. The fourth-order valence-corrected chi connectivity index (χ4v) is 0.126. The maximum Gasteiger partial charge on any atom is 0.146 e. The molecule has 0 bridgehead atoms. The van der Waals surface area contributed by atoms with E-state index < -0.39 is 0 Å². The van der Waals surface area contributed by atoms with Crippen molar-refractivity contribution in [3.05, 3.63) is 10.6 Å². The van der Waals surface area contributed by atoms with Gasteiger partial charge in [0.05, 0.1) is 0 Å². The summed E-state index contributed by atoms with van der Waals surface area (Å²) in [5.74, 6) is 0. The Hall–Kier alpha value is -0.300. The van der Waals surface area contributed by atoms with Gasteiger partial charge >= 0.3 is 0 Å².